The van der Waals surface area contributed by atoms with Gasteiger partial charge in [-0.1, -0.05) is 6.92 Å². The number of thioether (sulfide) groups is 1. The summed E-state index contributed by atoms with van der Waals surface area (Å²) in [7, 11) is 5.31. The second kappa shape index (κ2) is 5.65. The summed E-state index contributed by atoms with van der Waals surface area (Å²) >= 11 is 1.78. The predicted molar refractivity (Wildman–Crippen MR) is 46.1 cm³/mol. The van der Waals surface area contributed by atoms with Crippen LogP contribution in [-0.4, -0.2) is 36.7 Å². The Morgan fingerprint density at radius 3 is 2.80 bits per heavy atom. The molecule has 0 saturated heterocycles. The number of hydrogen-bond acceptors (Lipinski definition) is 2. The quantitative estimate of drug-likeness (QED) is 0.431. The van der Waals surface area contributed by atoms with Crippen molar-refractivity contribution >= 4 is 26.2 Å². The van der Waals surface area contributed by atoms with E-state index in [1.165, 1.54) is 4.81 Å². The maximum atomic E-state index is 10.1. The molecule has 0 aliphatic heterocycles. The van der Waals surface area contributed by atoms with E-state index in [1.807, 2.05) is 6.92 Å². The SMILES string of the molecule is [B]N(C=O)[C@H](C)CSCC. The highest BCUT2D eigenvalue weighted by Gasteiger charge is 2.04. The molecule has 56 valence electrons. The van der Waals surface area contributed by atoms with Gasteiger partial charge in [-0.15, -0.1) is 0 Å². The maximum absolute atomic E-state index is 10.1. The highest BCUT2D eigenvalue weighted by atomic mass is 32.2. The molecule has 2 radical (unpaired) electrons. The Kier molecular flexibility index (Phi) is 5.59. The van der Waals surface area contributed by atoms with E-state index in [4.69, 9.17) is 7.98 Å². The zero-order valence-corrected chi connectivity index (χ0v) is 7.23. The van der Waals surface area contributed by atoms with Gasteiger partial charge in [-0.2, -0.15) is 11.8 Å². The minimum absolute atomic E-state index is 0.141. The molecule has 1 atom stereocenters. The van der Waals surface area contributed by atoms with Gasteiger partial charge in [0.25, 0.3) is 0 Å². The molecular formula is C6H12BNOS. The Balaban J connectivity index is 3.40. The number of carbonyl (C=O) groups is 1. The van der Waals surface area contributed by atoms with Gasteiger partial charge in [-0.3, -0.25) is 4.79 Å². The molecule has 4 heteroatoms. The van der Waals surface area contributed by atoms with Gasteiger partial charge in [-0.05, 0) is 12.7 Å². The lowest BCUT2D eigenvalue weighted by Gasteiger charge is -2.19. The van der Waals surface area contributed by atoms with Crippen molar-refractivity contribution in [2.45, 2.75) is 19.9 Å². The summed E-state index contributed by atoms with van der Waals surface area (Å²) in [6.45, 7) is 4.01. The highest BCUT2D eigenvalue weighted by molar-refractivity contribution is 7.99. The zero-order valence-electron chi connectivity index (χ0n) is 6.41. The first kappa shape index (κ1) is 9.88. The summed E-state index contributed by atoms with van der Waals surface area (Å²) in [5.74, 6) is 1.97. The van der Waals surface area contributed by atoms with Crippen LogP contribution in [0.4, 0.5) is 0 Å². The molecule has 2 nitrogen and oxygen atoms in total. The molecule has 0 rings (SSSR count). The van der Waals surface area contributed by atoms with Crippen LogP contribution in [0.5, 0.6) is 0 Å². The third kappa shape index (κ3) is 3.83. The second-order valence-corrected chi connectivity index (χ2v) is 3.38. The van der Waals surface area contributed by atoms with Crippen LogP contribution in [0.1, 0.15) is 13.8 Å². The van der Waals surface area contributed by atoms with Crippen molar-refractivity contribution in [3.8, 4) is 0 Å². The van der Waals surface area contributed by atoms with Gasteiger partial charge >= 0.3 is 0 Å². The Morgan fingerprint density at radius 2 is 2.40 bits per heavy atom. The Labute approximate surface area is 67.8 Å². The Hall–Kier alpha value is -0.115. The third-order valence-corrected chi connectivity index (χ3v) is 2.32. The molecule has 0 N–H and O–H groups in total. The van der Waals surface area contributed by atoms with Crippen molar-refractivity contribution in [2.24, 2.45) is 0 Å². The topological polar surface area (TPSA) is 20.3 Å². The lowest BCUT2D eigenvalue weighted by Crippen LogP contribution is -2.31. The molecular weight excluding hydrogens is 145 g/mol. The second-order valence-electron chi connectivity index (χ2n) is 2.06. The van der Waals surface area contributed by atoms with Crippen LogP contribution in [0.3, 0.4) is 0 Å². The molecule has 0 spiro atoms. The molecule has 0 unspecified atom stereocenters. The van der Waals surface area contributed by atoms with Gasteiger partial charge in [0.05, 0.1) is 0 Å². The monoisotopic (exact) mass is 157 g/mol. The lowest BCUT2D eigenvalue weighted by molar-refractivity contribution is -0.115. The minimum atomic E-state index is 0.141. The smallest absolute Gasteiger partial charge is 0.230 e. The number of nitrogens with zero attached hydrogens (tertiary/aromatic N) is 1. The van der Waals surface area contributed by atoms with Crippen LogP contribution >= 0.6 is 11.8 Å². The summed E-state index contributed by atoms with van der Waals surface area (Å²) in [5.41, 5.74) is 0. The fourth-order valence-electron chi connectivity index (χ4n) is 0.478. The fraction of sp³-hybridized carbons (Fsp3) is 0.833. The van der Waals surface area contributed by atoms with E-state index in [-0.39, 0.29) is 6.04 Å². The standard InChI is InChI=1S/C6H12BNOS/c1-3-10-4-6(2)8(7)5-9/h5-6H,3-4H2,1-2H3/t6-/m1/s1. The van der Waals surface area contributed by atoms with Gasteiger partial charge in [-0.25, -0.2) is 0 Å². The summed E-state index contributed by atoms with van der Waals surface area (Å²) in [4.78, 5) is 11.3. The average molecular weight is 157 g/mol. The van der Waals surface area contributed by atoms with Gasteiger partial charge < -0.3 is 4.81 Å². The summed E-state index contributed by atoms with van der Waals surface area (Å²) in [6, 6.07) is 0.141. The predicted octanol–water partition coefficient (Wildman–Crippen LogP) is 0.670. The molecule has 0 fully saturated rings. The largest absolute Gasteiger partial charge is 0.396 e. The van der Waals surface area contributed by atoms with Crippen LogP contribution in [0, 0.1) is 0 Å². The molecule has 0 aromatic carbocycles. The Morgan fingerprint density at radius 1 is 1.80 bits per heavy atom. The summed E-state index contributed by atoms with van der Waals surface area (Å²) < 4.78 is 0. The van der Waals surface area contributed by atoms with E-state index in [2.05, 4.69) is 6.92 Å². The van der Waals surface area contributed by atoms with E-state index in [1.54, 1.807) is 11.8 Å². The number of hydrogen-bond donors (Lipinski definition) is 0. The molecule has 0 saturated carbocycles. The first-order valence-corrected chi connectivity index (χ1v) is 4.44. The van der Waals surface area contributed by atoms with Gasteiger partial charge in [0, 0.05) is 11.8 Å². The van der Waals surface area contributed by atoms with E-state index in [0.717, 1.165) is 11.5 Å². The van der Waals surface area contributed by atoms with Crippen molar-refractivity contribution in [3.63, 3.8) is 0 Å². The van der Waals surface area contributed by atoms with E-state index < -0.39 is 0 Å². The highest BCUT2D eigenvalue weighted by Crippen LogP contribution is 2.04. The number of carbonyl (C=O) groups excluding carboxylic acids is 1. The van der Waals surface area contributed by atoms with Crippen molar-refractivity contribution in [1.82, 2.24) is 4.81 Å². The van der Waals surface area contributed by atoms with Crippen LogP contribution in [0.25, 0.3) is 0 Å². The molecule has 1 amide bonds. The number of rotatable bonds is 5. The van der Waals surface area contributed by atoms with Crippen molar-refractivity contribution in [1.29, 1.82) is 0 Å². The van der Waals surface area contributed by atoms with E-state index in [9.17, 15) is 4.79 Å². The molecule has 0 aromatic rings. The van der Waals surface area contributed by atoms with Gasteiger partial charge in [0.15, 0.2) is 6.41 Å². The maximum Gasteiger partial charge on any atom is 0.230 e. The third-order valence-electron chi connectivity index (χ3n) is 1.19. The number of amides is 1. The molecule has 10 heavy (non-hydrogen) atoms. The van der Waals surface area contributed by atoms with Crippen molar-refractivity contribution in [3.05, 3.63) is 0 Å². The van der Waals surface area contributed by atoms with Gasteiger partial charge in [0.2, 0.25) is 7.98 Å². The first-order chi connectivity index (χ1) is 4.72. The van der Waals surface area contributed by atoms with Crippen LogP contribution in [-0.2, 0) is 4.79 Å². The Bertz CT molecular complexity index is 102. The minimum Gasteiger partial charge on any atom is -0.396 e. The fourth-order valence-corrected chi connectivity index (χ4v) is 1.23. The average Bonchev–Trinajstić information content (AvgIpc) is 1.98. The van der Waals surface area contributed by atoms with Crippen LogP contribution < -0.4 is 0 Å². The molecule has 0 bridgehead atoms. The van der Waals surface area contributed by atoms with Crippen molar-refractivity contribution in [2.75, 3.05) is 11.5 Å². The zero-order chi connectivity index (χ0) is 7.98. The molecule has 0 heterocycles. The normalized spacial score (nSPS) is 12.6. The van der Waals surface area contributed by atoms with Gasteiger partial charge in [0.1, 0.15) is 0 Å². The van der Waals surface area contributed by atoms with E-state index in [0.29, 0.717) is 6.41 Å². The van der Waals surface area contributed by atoms with Crippen LogP contribution in [0.15, 0.2) is 0 Å². The van der Waals surface area contributed by atoms with E-state index >= 15 is 0 Å². The summed E-state index contributed by atoms with van der Waals surface area (Å²) in [5, 5.41) is 0. The first-order valence-electron chi connectivity index (χ1n) is 3.28. The molecule has 0 aromatic heterocycles. The van der Waals surface area contributed by atoms with Crippen molar-refractivity contribution < 1.29 is 4.79 Å². The lowest BCUT2D eigenvalue weighted by atomic mass is 10.2. The van der Waals surface area contributed by atoms with Crippen LogP contribution in [0.2, 0.25) is 0 Å². The molecule has 0 aliphatic rings. The summed E-state index contributed by atoms with van der Waals surface area (Å²) in [6.07, 6.45) is 0.654. The molecule has 0 aliphatic carbocycles.